The van der Waals surface area contributed by atoms with Crippen molar-refractivity contribution in [2.24, 2.45) is 11.8 Å². The Bertz CT molecular complexity index is 456. The molecule has 0 unspecified atom stereocenters. The van der Waals surface area contributed by atoms with Gasteiger partial charge in [0.2, 0.25) is 5.91 Å². The van der Waals surface area contributed by atoms with E-state index < -0.39 is 0 Å². The number of carbonyl (C=O) groups is 1. The minimum absolute atomic E-state index is 0.0177. The molecule has 1 saturated carbocycles. The van der Waals surface area contributed by atoms with E-state index in [1.807, 2.05) is 24.3 Å². The van der Waals surface area contributed by atoms with E-state index in [-0.39, 0.29) is 5.91 Å². The zero-order chi connectivity index (χ0) is 15.1. The number of benzene rings is 1. The van der Waals surface area contributed by atoms with Crippen LogP contribution in [0.4, 0.5) is 5.69 Å². The van der Waals surface area contributed by atoms with Crippen molar-refractivity contribution in [3.63, 3.8) is 0 Å². The molecule has 0 heterocycles. The Labute approximate surface area is 136 Å². The summed E-state index contributed by atoms with van der Waals surface area (Å²) < 4.78 is 0.913. The third-order valence-corrected chi connectivity index (χ3v) is 5.10. The molecule has 1 aromatic rings. The van der Waals surface area contributed by atoms with Gasteiger partial charge in [-0.05, 0) is 59.3 Å². The number of nitrogens with one attached hydrogen (secondary N) is 2. The van der Waals surface area contributed by atoms with E-state index in [0.717, 1.165) is 28.5 Å². The quantitative estimate of drug-likeness (QED) is 0.805. The fraction of sp³-hybridized carbons (Fsp3) is 0.588. The fourth-order valence-corrected chi connectivity index (χ4v) is 3.37. The average Bonchev–Trinajstić information content (AvgIpc) is 2.50. The number of halogens is 1. The van der Waals surface area contributed by atoms with Crippen LogP contribution in [0.3, 0.4) is 0 Å². The first-order valence-corrected chi connectivity index (χ1v) is 8.73. The summed E-state index contributed by atoms with van der Waals surface area (Å²) in [5.74, 6) is 1.69. The lowest BCUT2D eigenvalue weighted by atomic mass is 9.81. The third-order valence-electron chi connectivity index (χ3n) is 4.41. The van der Waals surface area contributed by atoms with Crippen LogP contribution >= 0.6 is 15.9 Å². The Hall–Kier alpha value is -0.870. The second kappa shape index (κ2) is 8.54. The largest absolute Gasteiger partial charge is 0.324 e. The highest BCUT2D eigenvalue weighted by molar-refractivity contribution is 9.10. The van der Waals surface area contributed by atoms with Crippen molar-refractivity contribution >= 4 is 27.5 Å². The zero-order valence-corrected chi connectivity index (χ0v) is 14.3. The van der Waals surface area contributed by atoms with Gasteiger partial charge in [0, 0.05) is 4.47 Å². The predicted octanol–water partition coefficient (Wildman–Crippen LogP) is 4.19. The molecule has 0 aromatic heterocycles. The van der Waals surface area contributed by atoms with Crippen LogP contribution in [0.5, 0.6) is 0 Å². The Kier molecular flexibility index (Phi) is 6.71. The molecule has 0 aliphatic heterocycles. The van der Waals surface area contributed by atoms with E-state index in [2.05, 4.69) is 33.5 Å². The van der Waals surface area contributed by atoms with E-state index in [1.165, 1.54) is 32.1 Å². The topological polar surface area (TPSA) is 41.1 Å². The standard InChI is InChI=1S/C17H25BrN2O/c1-2-13-7-9-14(10-8-13)11-19-12-17(21)20-16-6-4-3-5-15(16)18/h3-6,13-14,19H,2,7-12H2,1H3,(H,20,21). The van der Waals surface area contributed by atoms with E-state index in [4.69, 9.17) is 0 Å². The van der Waals surface area contributed by atoms with Gasteiger partial charge in [0.15, 0.2) is 0 Å². The van der Waals surface area contributed by atoms with Crippen LogP contribution < -0.4 is 10.6 Å². The van der Waals surface area contributed by atoms with E-state index in [0.29, 0.717) is 6.54 Å². The van der Waals surface area contributed by atoms with Crippen LogP contribution in [0.25, 0.3) is 0 Å². The molecule has 0 bridgehead atoms. The number of anilines is 1. The molecule has 1 aliphatic rings. The van der Waals surface area contributed by atoms with Gasteiger partial charge >= 0.3 is 0 Å². The van der Waals surface area contributed by atoms with Gasteiger partial charge in [0.1, 0.15) is 0 Å². The lowest BCUT2D eigenvalue weighted by Crippen LogP contribution is -2.33. The van der Waals surface area contributed by atoms with Crippen LogP contribution in [0.1, 0.15) is 39.0 Å². The molecule has 21 heavy (non-hydrogen) atoms. The van der Waals surface area contributed by atoms with E-state index in [9.17, 15) is 4.79 Å². The molecular weight excluding hydrogens is 328 g/mol. The van der Waals surface area contributed by atoms with Gasteiger partial charge in [-0.25, -0.2) is 0 Å². The molecule has 0 spiro atoms. The highest BCUT2D eigenvalue weighted by Crippen LogP contribution is 2.30. The molecule has 0 atom stereocenters. The Morgan fingerprint density at radius 3 is 2.52 bits per heavy atom. The van der Waals surface area contributed by atoms with Crippen LogP contribution in [-0.2, 0) is 4.79 Å². The summed E-state index contributed by atoms with van der Waals surface area (Å²) in [6.45, 7) is 3.63. The van der Waals surface area contributed by atoms with Crippen molar-refractivity contribution in [3.8, 4) is 0 Å². The summed E-state index contributed by atoms with van der Waals surface area (Å²) in [7, 11) is 0. The average molecular weight is 353 g/mol. The van der Waals surface area contributed by atoms with Crippen molar-refractivity contribution in [2.75, 3.05) is 18.4 Å². The van der Waals surface area contributed by atoms with Crippen molar-refractivity contribution in [2.45, 2.75) is 39.0 Å². The van der Waals surface area contributed by atoms with Crippen LogP contribution in [0, 0.1) is 11.8 Å². The van der Waals surface area contributed by atoms with Crippen LogP contribution in [0.2, 0.25) is 0 Å². The third kappa shape index (κ3) is 5.44. The smallest absolute Gasteiger partial charge is 0.238 e. The number of para-hydroxylation sites is 1. The second-order valence-corrected chi connectivity index (χ2v) is 6.81. The van der Waals surface area contributed by atoms with Gasteiger partial charge in [-0.2, -0.15) is 0 Å². The summed E-state index contributed by atoms with van der Waals surface area (Å²) >= 11 is 3.43. The molecule has 1 amide bonds. The summed E-state index contributed by atoms with van der Waals surface area (Å²) in [5, 5.41) is 6.22. The Balaban J connectivity index is 1.65. The number of hydrogen-bond acceptors (Lipinski definition) is 2. The minimum Gasteiger partial charge on any atom is -0.324 e. The molecule has 1 aliphatic carbocycles. The summed E-state index contributed by atoms with van der Waals surface area (Å²) in [6, 6.07) is 7.67. The second-order valence-electron chi connectivity index (χ2n) is 5.95. The highest BCUT2D eigenvalue weighted by atomic mass is 79.9. The summed E-state index contributed by atoms with van der Waals surface area (Å²) in [6.07, 6.45) is 6.63. The maximum atomic E-state index is 11.9. The molecular formula is C17H25BrN2O. The van der Waals surface area contributed by atoms with Crippen LogP contribution in [-0.4, -0.2) is 19.0 Å². The van der Waals surface area contributed by atoms with Gasteiger partial charge in [-0.15, -0.1) is 0 Å². The monoisotopic (exact) mass is 352 g/mol. The molecule has 2 N–H and O–H groups in total. The first-order chi connectivity index (χ1) is 10.2. The molecule has 116 valence electrons. The van der Waals surface area contributed by atoms with Crippen molar-refractivity contribution in [1.82, 2.24) is 5.32 Å². The molecule has 1 fully saturated rings. The molecule has 2 rings (SSSR count). The highest BCUT2D eigenvalue weighted by Gasteiger charge is 2.19. The lowest BCUT2D eigenvalue weighted by molar-refractivity contribution is -0.115. The normalized spacial score (nSPS) is 22.0. The van der Waals surface area contributed by atoms with Gasteiger partial charge in [-0.1, -0.05) is 38.3 Å². The van der Waals surface area contributed by atoms with Gasteiger partial charge in [0.05, 0.1) is 12.2 Å². The first kappa shape index (κ1) is 16.5. The predicted molar refractivity (Wildman–Crippen MR) is 91.4 cm³/mol. The van der Waals surface area contributed by atoms with Crippen molar-refractivity contribution in [1.29, 1.82) is 0 Å². The number of hydrogen-bond donors (Lipinski definition) is 2. The fourth-order valence-electron chi connectivity index (χ4n) is 2.99. The molecule has 3 nitrogen and oxygen atoms in total. The maximum Gasteiger partial charge on any atom is 0.238 e. The minimum atomic E-state index is 0.0177. The zero-order valence-electron chi connectivity index (χ0n) is 12.7. The maximum absolute atomic E-state index is 11.9. The number of amides is 1. The molecule has 0 saturated heterocycles. The van der Waals surface area contributed by atoms with E-state index in [1.54, 1.807) is 0 Å². The van der Waals surface area contributed by atoms with Crippen molar-refractivity contribution < 1.29 is 4.79 Å². The summed E-state index contributed by atoms with van der Waals surface area (Å²) in [4.78, 5) is 11.9. The van der Waals surface area contributed by atoms with Crippen LogP contribution in [0.15, 0.2) is 28.7 Å². The lowest BCUT2D eigenvalue weighted by Gasteiger charge is -2.27. The van der Waals surface area contributed by atoms with Crippen molar-refractivity contribution in [3.05, 3.63) is 28.7 Å². The summed E-state index contributed by atoms with van der Waals surface area (Å²) in [5.41, 5.74) is 0.827. The van der Waals surface area contributed by atoms with E-state index >= 15 is 0 Å². The van der Waals surface area contributed by atoms with Gasteiger partial charge in [-0.3, -0.25) is 4.79 Å². The molecule has 4 heteroatoms. The molecule has 1 aromatic carbocycles. The molecule has 0 radical (unpaired) electrons. The Morgan fingerprint density at radius 1 is 1.19 bits per heavy atom. The van der Waals surface area contributed by atoms with Gasteiger partial charge < -0.3 is 10.6 Å². The Morgan fingerprint density at radius 2 is 1.86 bits per heavy atom. The SMILES string of the molecule is CCC1CCC(CNCC(=O)Nc2ccccc2Br)CC1. The number of carbonyl (C=O) groups excluding carboxylic acids is 1. The van der Waals surface area contributed by atoms with Gasteiger partial charge in [0.25, 0.3) is 0 Å². The first-order valence-electron chi connectivity index (χ1n) is 7.94. The number of rotatable bonds is 6.